The zero-order valence-corrected chi connectivity index (χ0v) is 4.76. The van der Waals surface area contributed by atoms with Crippen LogP contribution in [0.1, 0.15) is 0 Å². The Morgan fingerprint density at radius 3 is 3.00 bits per heavy atom. The average Bonchev–Trinajstić information content (AvgIpc) is 1.90. The van der Waals surface area contributed by atoms with Gasteiger partial charge in [-0.15, -0.1) is 0 Å². The molecule has 0 aliphatic carbocycles. The first-order chi connectivity index (χ1) is 3.93. The van der Waals surface area contributed by atoms with E-state index < -0.39 is 0 Å². The molecule has 0 saturated carbocycles. The Kier molecular flexibility index (Phi) is 1.64. The molecule has 0 spiro atoms. The van der Waals surface area contributed by atoms with E-state index in [4.69, 9.17) is 0 Å². The van der Waals surface area contributed by atoms with Crippen molar-refractivity contribution >= 4 is 6.34 Å². The number of hydrogen-bond donors (Lipinski definition) is 2. The summed E-state index contributed by atoms with van der Waals surface area (Å²) in [6.07, 6.45) is 5.63. The third kappa shape index (κ3) is 1.07. The summed E-state index contributed by atoms with van der Waals surface area (Å²) in [6.45, 7) is 0. The van der Waals surface area contributed by atoms with Crippen LogP contribution in [-0.4, -0.2) is 19.6 Å². The predicted molar refractivity (Wildman–Crippen MR) is 33.6 cm³/mol. The predicted octanol–water partition coefficient (Wildman–Crippen LogP) is -0.323. The van der Waals surface area contributed by atoms with E-state index >= 15 is 0 Å². The van der Waals surface area contributed by atoms with Gasteiger partial charge in [0.15, 0.2) is 0 Å². The Hall–Kier alpha value is -0.830. The first-order valence-electron chi connectivity index (χ1n) is 2.55. The second-order valence-corrected chi connectivity index (χ2v) is 1.54. The van der Waals surface area contributed by atoms with Gasteiger partial charge in [-0.05, 0) is 13.1 Å². The standard InChI is InChI=1S/C5H9N3/c1-6-5-2-3-7-4-8-5/h2-6H,1H3,(H,7,8). The highest BCUT2D eigenvalue weighted by Crippen LogP contribution is 1.87. The lowest BCUT2D eigenvalue weighted by Crippen LogP contribution is -2.25. The molecule has 0 aromatic heterocycles. The smallest absolute Gasteiger partial charge is 0.121 e. The molecule has 0 saturated heterocycles. The Bertz CT molecular complexity index is 105. The van der Waals surface area contributed by atoms with Gasteiger partial charge in [-0.1, -0.05) is 0 Å². The van der Waals surface area contributed by atoms with Crippen LogP contribution < -0.4 is 10.6 Å². The van der Waals surface area contributed by atoms with Gasteiger partial charge in [0.2, 0.25) is 0 Å². The fraction of sp³-hybridized carbons (Fsp3) is 0.400. The monoisotopic (exact) mass is 111 g/mol. The van der Waals surface area contributed by atoms with Crippen LogP contribution in [0.25, 0.3) is 0 Å². The lowest BCUT2D eigenvalue weighted by Gasteiger charge is -2.07. The van der Waals surface area contributed by atoms with E-state index in [0.717, 1.165) is 0 Å². The molecule has 0 aromatic carbocycles. The van der Waals surface area contributed by atoms with Crippen molar-refractivity contribution in [2.24, 2.45) is 4.99 Å². The van der Waals surface area contributed by atoms with Crippen LogP contribution in [0.3, 0.4) is 0 Å². The maximum atomic E-state index is 4.01. The molecule has 1 unspecified atom stereocenters. The van der Waals surface area contributed by atoms with Crippen molar-refractivity contribution in [2.45, 2.75) is 6.17 Å². The summed E-state index contributed by atoms with van der Waals surface area (Å²) >= 11 is 0. The Morgan fingerprint density at radius 1 is 1.75 bits per heavy atom. The van der Waals surface area contributed by atoms with Crippen LogP contribution in [0, 0.1) is 0 Å². The molecule has 1 heterocycles. The summed E-state index contributed by atoms with van der Waals surface area (Å²) in [6, 6.07) is 0. The molecule has 0 aromatic rings. The van der Waals surface area contributed by atoms with Crippen molar-refractivity contribution in [3.05, 3.63) is 12.3 Å². The fourth-order valence-corrected chi connectivity index (χ4v) is 0.534. The highest BCUT2D eigenvalue weighted by atomic mass is 15.1. The number of likely N-dealkylation sites (N-methyl/N-ethyl adjacent to an activating group) is 1. The van der Waals surface area contributed by atoms with Gasteiger partial charge in [0.05, 0.1) is 6.34 Å². The van der Waals surface area contributed by atoms with Crippen molar-refractivity contribution in [1.29, 1.82) is 0 Å². The number of nitrogens with zero attached hydrogens (tertiary/aromatic N) is 1. The molecule has 8 heavy (non-hydrogen) atoms. The third-order valence-electron chi connectivity index (χ3n) is 0.980. The van der Waals surface area contributed by atoms with Gasteiger partial charge in [0.25, 0.3) is 0 Å². The van der Waals surface area contributed by atoms with Crippen LogP contribution in [0.5, 0.6) is 0 Å². The van der Waals surface area contributed by atoms with Gasteiger partial charge >= 0.3 is 0 Å². The molecule has 1 aliphatic rings. The molecule has 3 nitrogen and oxygen atoms in total. The summed E-state index contributed by atoms with van der Waals surface area (Å²) in [7, 11) is 1.87. The van der Waals surface area contributed by atoms with Crippen molar-refractivity contribution in [2.75, 3.05) is 7.05 Å². The minimum Gasteiger partial charge on any atom is -0.353 e. The maximum absolute atomic E-state index is 4.01. The molecule has 0 radical (unpaired) electrons. The quantitative estimate of drug-likeness (QED) is 0.486. The second kappa shape index (κ2) is 2.47. The summed E-state index contributed by atoms with van der Waals surface area (Å²) in [4.78, 5) is 4.01. The SMILES string of the molecule is CNC1C=CNC=N1. The Morgan fingerprint density at radius 2 is 2.62 bits per heavy atom. The van der Waals surface area contributed by atoms with E-state index in [1.165, 1.54) is 0 Å². The molecule has 1 rings (SSSR count). The molecule has 0 fully saturated rings. The lowest BCUT2D eigenvalue weighted by molar-refractivity contribution is 0.691. The van der Waals surface area contributed by atoms with Gasteiger partial charge in [-0.25, -0.2) is 0 Å². The van der Waals surface area contributed by atoms with Gasteiger partial charge in [-0.3, -0.25) is 10.3 Å². The van der Waals surface area contributed by atoms with Crippen molar-refractivity contribution in [3.8, 4) is 0 Å². The van der Waals surface area contributed by atoms with Gasteiger partial charge < -0.3 is 5.32 Å². The molecule has 1 aliphatic heterocycles. The van der Waals surface area contributed by atoms with Crippen LogP contribution >= 0.6 is 0 Å². The second-order valence-electron chi connectivity index (χ2n) is 1.54. The van der Waals surface area contributed by atoms with Crippen LogP contribution in [0.2, 0.25) is 0 Å². The van der Waals surface area contributed by atoms with E-state index in [1.54, 1.807) is 6.34 Å². The third-order valence-corrected chi connectivity index (χ3v) is 0.980. The number of rotatable bonds is 1. The first kappa shape index (κ1) is 5.31. The molecular formula is C5H9N3. The summed E-state index contributed by atoms with van der Waals surface area (Å²) in [5.41, 5.74) is 0. The lowest BCUT2D eigenvalue weighted by atomic mass is 10.4. The molecule has 0 bridgehead atoms. The normalized spacial score (nSPS) is 25.4. The van der Waals surface area contributed by atoms with Crippen molar-refractivity contribution in [1.82, 2.24) is 10.6 Å². The van der Waals surface area contributed by atoms with E-state index in [2.05, 4.69) is 15.6 Å². The molecule has 0 amide bonds. The minimum absolute atomic E-state index is 0.163. The van der Waals surface area contributed by atoms with E-state index in [-0.39, 0.29) is 6.17 Å². The number of hydrogen-bond acceptors (Lipinski definition) is 3. The topological polar surface area (TPSA) is 36.4 Å². The van der Waals surface area contributed by atoms with Crippen LogP contribution in [0.15, 0.2) is 17.3 Å². The van der Waals surface area contributed by atoms with Gasteiger partial charge in [0, 0.05) is 6.20 Å². The number of nitrogens with one attached hydrogen (secondary N) is 2. The molecule has 1 atom stereocenters. The molecular weight excluding hydrogens is 102 g/mol. The van der Waals surface area contributed by atoms with E-state index in [1.807, 2.05) is 19.3 Å². The van der Waals surface area contributed by atoms with Crippen LogP contribution in [-0.2, 0) is 0 Å². The molecule has 3 heteroatoms. The van der Waals surface area contributed by atoms with E-state index in [9.17, 15) is 0 Å². The minimum atomic E-state index is 0.163. The van der Waals surface area contributed by atoms with Crippen LogP contribution in [0.4, 0.5) is 0 Å². The zero-order valence-electron chi connectivity index (χ0n) is 4.76. The molecule has 2 N–H and O–H groups in total. The highest BCUT2D eigenvalue weighted by Gasteiger charge is 1.95. The Labute approximate surface area is 48.5 Å². The average molecular weight is 111 g/mol. The Balaban J connectivity index is 2.42. The van der Waals surface area contributed by atoms with Gasteiger partial charge in [0.1, 0.15) is 6.17 Å². The zero-order chi connectivity index (χ0) is 5.82. The fourth-order valence-electron chi connectivity index (χ4n) is 0.534. The summed E-state index contributed by atoms with van der Waals surface area (Å²) in [5.74, 6) is 0. The largest absolute Gasteiger partial charge is 0.353 e. The maximum Gasteiger partial charge on any atom is 0.121 e. The first-order valence-corrected chi connectivity index (χ1v) is 2.55. The summed E-state index contributed by atoms with van der Waals surface area (Å²) in [5, 5.41) is 5.82. The van der Waals surface area contributed by atoms with Crippen molar-refractivity contribution < 1.29 is 0 Å². The highest BCUT2D eigenvalue weighted by molar-refractivity contribution is 5.57. The van der Waals surface area contributed by atoms with Gasteiger partial charge in [-0.2, -0.15) is 0 Å². The van der Waals surface area contributed by atoms with E-state index in [0.29, 0.717) is 0 Å². The van der Waals surface area contributed by atoms with Crippen molar-refractivity contribution in [3.63, 3.8) is 0 Å². The molecule has 44 valence electrons. The summed E-state index contributed by atoms with van der Waals surface area (Å²) < 4.78 is 0. The number of aliphatic imine (C=N–C) groups is 1.